The molecule has 120 valence electrons. The lowest BCUT2D eigenvalue weighted by Gasteiger charge is -2.39. The second-order valence-electron chi connectivity index (χ2n) is 6.31. The van der Waals surface area contributed by atoms with Crippen molar-refractivity contribution in [3.8, 4) is 0 Å². The van der Waals surface area contributed by atoms with Crippen LogP contribution in [0.4, 0.5) is 4.79 Å². The van der Waals surface area contributed by atoms with E-state index in [0.29, 0.717) is 6.42 Å². The number of carbonyl (C=O) groups is 2. The van der Waals surface area contributed by atoms with Crippen molar-refractivity contribution in [3.05, 3.63) is 12.7 Å². The predicted octanol–water partition coefficient (Wildman–Crippen LogP) is 1.72. The summed E-state index contributed by atoms with van der Waals surface area (Å²) < 4.78 is 10.3. The van der Waals surface area contributed by atoms with Crippen LogP contribution in [0.2, 0.25) is 0 Å². The molecule has 3 atom stereocenters. The van der Waals surface area contributed by atoms with E-state index in [0.717, 1.165) is 0 Å². The minimum atomic E-state index is -0.952. The third-order valence-electron chi connectivity index (χ3n) is 3.24. The minimum Gasteiger partial charge on any atom is -0.460 e. The van der Waals surface area contributed by atoms with Crippen LogP contribution in [0, 0.1) is 5.92 Å². The summed E-state index contributed by atoms with van der Waals surface area (Å²) in [6.45, 7) is 10.8. The van der Waals surface area contributed by atoms with Gasteiger partial charge >= 0.3 is 12.1 Å². The van der Waals surface area contributed by atoms with Crippen LogP contribution in [0.3, 0.4) is 0 Å². The van der Waals surface area contributed by atoms with Gasteiger partial charge in [0.2, 0.25) is 0 Å². The highest BCUT2D eigenvalue weighted by molar-refractivity contribution is 5.75. The van der Waals surface area contributed by atoms with Gasteiger partial charge in [0.1, 0.15) is 12.2 Å². The summed E-state index contributed by atoms with van der Waals surface area (Å²) in [4.78, 5) is 25.4. The van der Waals surface area contributed by atoms with Crippen molar-refractivity contribution in [1.82, 2.24) is 4.90 Å². The molecular formula is C15H25NO5. The SMILES string of the molecule is C=CCOC(=O)N1CC(O)C(C(=O)OC(C)(C)C)C[C@@H]1C. The molecule has 6 nitrogen and oxygen atoms in total. The van der Waals surface area contributed by atoms with Crippen molar-refractivity contribution < 1.29 is 24.2 Å². The quantitative estimate of drug-likeness (QED) is 0.634. The number of aliphatic hydroxyl groups excluding tert-OH is 1. The fraction of sp³-hybridized carbons (Fsp3) is 0.733. The van der Waals surface area contributed by atoms with E-state index in [1.165, 1.54) is 11.0 Å². The maximum atomic E-state index is 12.1. The summed E-state index contributed by atoms with van der Waals surface area (Å²) in [5.41, 5.74) is -0.597. The van der Waals surface area contributed by atoms with Gasteiger partial charge in [0.25, 0.3) is 0 Å². The van der Waals surface area contributed by atoms with Crippen molar-refractivity contribution in [2.75, 3.05) is 13.2 Å². The summed E-state index contributed by atoms with van der Waals surface area (Å²) in [6, 6.07) is -0.205. The number of aliphatic hydroxyl groups is 1. The molecule has 21 heavy (non-hydrogen) atoms. The molecule has 1 rings (SSSR count). The smallest absolute Gasteiger partial charge is 0.410 e. The Kier molecular flexibility index (Phi) is 5.78. The van der Waals surface area contributed by atoms with Gasteiger partial charge in [0.05, 0.1) is 18.6 Å². The zero-order chi connectivity index (χ0) is 16.2. The fourth-order valence-electron chi connectivity index (χ4n) is 2.26. The van der Waals surface area contributed by atoms with Crippen molar-refractivity contribution >= 4 is 12.1 Å². The van der Waals surface area contributed by atoms with E-state index in [4.69, 9.17) is 9.47 Å². The molecule has 0 aromatic carbocycles. The van der Waals surface area contributed by atoms with E-state index < -0.39 is 29.7 Å². The monoisotopic (exact) mass is 299 g/mol. The van der Waals surface area contributed by atoms with E-state index in [1.807, 2.05) is 6.92 Å². The summed E-state index contributed by atoms with van der Waals surface area (Å²) in [6.07, 6.45) is 0.363. The molecule has 1 saturated heterocycles. The van der Waals surface area contributed by atoms with E-state index >= 15 is 0 Å². The Bertz CT molecular complexity index is 401. The van der Waals surface area contributed by atoms with E-state index in [2.05, 4.69) is 6.58 Å². The van der Waals surface area contributed by atoms with Gasteiger partial charge in [-0.15, -0.1) is 0 Å². The first-order chi connectivity index (χ1) is 9.65. The number of ether oxygens (including phenoxy) is 2. The van der Waals surface area contributed by atoms with Crippen LogP contribution in [-0.4, -0.2) is 53.0 Å². The third kappa shape index (κ3) is 5.04. The van der Waals surface area contributed by atoms with Crippen LogP contribution < -0.4 is 0 Å². The number of piperidine rings is 1. The Morgan fingerprint density at radius 3 is 2.57 bits per heavy atom. The van der Waals surface area contributed by atoms with Crippen LogP contribution in [-0.2, 0) is 14.3 Å². The molecule has 6 heteroatoms. The Labute approximate surface area is 125 Å². The molecule has 0 spiro atoms. The van der Waals surface area contributed by atoms with Gasteiger partial charge in [-0.1, -0.05) is 12.7 Å². The number of β-amino-alcohol motifs (C(OH)–C–C–N with tert-alkyl or cyclic N) is 1. The maximum Gasteiger partial charge on any atom is 0.410 e. The van der Waals surface area contributed by atoms with Crippen LogP contribution in [0.15, 0.2) is 12.7 Å². The van der Waals surface area contributed by atoms with Gasteiger partial charge in [-0.3, -0.25) is 4.79 Å². The third-order valence-corrected chi connectivity index (χ3v) is 3.24. The molecule has 2 unspecified atom stereocenters. The molecule has 0 radical (unpaired) electrons. The molecule has 0 saturated carbocycles. The zero-order valence-corrected chi connectivity index (χ0v) is 13.2. The summed E-state index contributed by atoms with van der Waals surface area (Å²) in [7, 11) is 0. The molecule has 0 aliphatic carbocycles. The average molecular weight is 299 g/mol. The molecule has 1 fully saturated rings. The maximum absolute atomic E-state index is 12.1. The molecular weight excluding hydrogens is 274 g/mol. The van der Waals surface area contributed by atoms with Crippen LogP contribution in [0.1, 0.15) is 34.1 Å². The van der Waals surface area contributed by atoms with Crippen LogP contribution in [0.25, 0.3) is 0 Å². The van der Waals surface area contributed by atoms with E-state index in [9.17, 15) is 14.7 Å². The number of hydrogen-bond acceptors (Lipinski definition) is 5. The summed E-state index contributed by atoms with van der Waals surface area (Å²) in [5, 5.41) is 10.1. The number of hydrogen-bond donors (Lipinski definition) is 1. The van der Waals surface area contributed by atoms with Gasteiger partial charge in [0.15, 0.2) is 0 Å². The Morgan fingerprint density at radius 1 is 1.43 bits per heavy atom. The lowest BCUT2D eigenvalue weighted by molar-refractivity contribution is -0.167. The minimum absolute atomic E-state index is 0.0566. The van der Waals surface area contributed by atoms with Crippen LogP contribution >= 0.6 is 0 Å². The Morgan fingerprint density at radius 2 is 2.05 bits per heavy atom. The highest BCUT2D eigenvalue weighted by Crippen LogP contribution is 2.26. The molecule has 0 aromatic rings. The van der Waals surface area contributed by atoms with E-state index in [1.54, 1.807) is 20.8 Å². The molecule has 1 N–H and O–H groups in total. The molecule has 1 aliphatic rings. The number of rotatable bonds is 3. The highest BCUT2D eigenvalue weighted by atomic mass is 16.6. The molecule has 1 aliphatic heterocycles. The van der Waals surface area contributed by atoms with Crippen LogP contribution in [0.5, 0.6) is 0 Å². The molecule has 1 heterocycles. The number of carbonyl (C=O) groups excluding carboxylic acids is 2. The first-order valence-corrected chi connectivity index (χ1v) is 7.11. The first kappa shape index (κ1) is 17.5. The Balaban J connectivity index is 2.67. The van der Waals surface area contributed by atoms with Crippen molar-refractivity contribution in [3.63, 3.8) is 0 Å². The van der Waals surface area contributed by atoms with Crippen molar-refractivity contribution in [2.24, 2.45) is 5.92 Å². The lowest BCUT2D eigenvalue weighted by atomic mass is 9.89. The van der Waals surface area contributed by atoms with E-state index in [-0.39, 0.29) is 19.2 Å². The Hall–Kier alpha value is -1.56. The highest BCUT2D eigenvalue weighted by Gasteiger charge is 2.41. The predicted molar refractivity (Wildman–Crippen MR) is 77.7 cm³/mol. The standard InChI is InChI=1S/C15H25NO5/c1-6-7-20-14(19)16-9-12(17)11(8-10(16)2)13(18)21-15(3,4)5/h6,10-12,17H,1,7-9H2,2-5H3/t10-,11?,12?/m0/s1. The number of amides is 1. The number of likely N-dealkylation sites (tertiary alicyclic amines) is 1. The molecule has 0 bridgehead atoms. The summed E-state index contributed by atoms with van der Waals surface area (Å²) >= 11 is 0. The largest absolute Gasteiger partial charge is 0.460 e. The number of nitrogens with zero attached hydrogens (tertiary/aromatic N) is 1. The summed E-state index contributed by atoms with van der Waals surface area (Å²) in [5.74, 6) is -1.05. The van der Waals surface area contributed by atoms with Gasteiger partial charge in [0, 0.05) is 6.04 Å². The van der Waals surface area contributed by atoms with Crippen molar-refractivity contribution in [1.29, 1.82) is 0 Å². The number of esters is 1. The fourth-order valence-corrected chi connectivity index (χ4v) is 2.26. The normalized spacial score (nSPS) is 26.1. The van der Waals surface area contributed by atoms with Gasteiger partial charge in [-0.25, -0.2) is 4.79 Å². The molecule has 1 amide bonds. The second-order valence-corrected chi connectivity index (χ2v) is 6.31. The first-order valence-electron chi connectivity index (χ1n) is 7.11. The van der Waals surface area contributed by atoms with Crippen molar-refractivity contribution in [2.45, 2.75) is 51.9 Å². The zero-order valence-electron chi connectivity index (χ0n) is 13.2. The van der Waals surface area contributed by atoms with Gasteiger partial charge < -0.3 is 19.5 Å². The van der Waals surface area contributed by atoms with Gasteiger partial charge in [-0.05, 0) is 34.1 Å². The van der Waals surface area contributed by atoms with Gasteiger partial charge in [-0.2, -0.15) is 0 Å². The topological polar surface area (TPSA) is 76.1 Å². The molecule has 0 aromatic heterocycles. The average Bonchev–Trinajstić information content (AvgIpc) is 2.36. The second kappa shape index (κ2) is 6.93. The lowest BCUT2D eigenvalue weighted by Crippen LogP contribution is -2.54.